The van der Waals surface area contributed by atoms with Gasteiger partial charge in [0.25, 0.3) is 0 Å². The molecular formula is C6H7NO3. The highest BCUT2D eigenvalue weighted by atomic mass is 16.7. The number of nitrogens with zero attached hydrogens (tertiary/aromatic N) is 1. The number of Topliss-reactive ketones (excluding diaryl/α,β-unsaturated/α-hetero) is 2. The molecule has 2 aliphatic rings. The molecule has 1 spiro atoms. The first-order valence-electron chi connectivity index (χ1n) is 3.14. The number of carbonyl (C=O) groups excluding carboxylic acids is 2. The largest absolute Gasteiger partial charge is 0.301 e. The fraction of sp³-hybridized carbons (Fsp3) is 0.667. The lowest BCUT2D eigenvalue weighted by Crippen LogP contribution is -2.52. The summed E-state index contributed by atoms with van der Waals surface area (Å²) in [5.74, 6) is -0.582. The summed E-state index contributed by atoms with van der Waals surface area (Å²) in [5.41, 5.74) is -0.811. The van der Waals surface area contributed by atoms with Crippen molar-refractivity contribution in [1.82, 2.24) is 5.06 Å². The van der Waals surface area contributed by atoms with Crippen LogP contribution in [-0.2, 0) is 14.4 Å². The number of hydrogen-bond donors (Lipinski definition) is 0. The number of hydrogen-bond acceptors (Lipinski definition) is 4. The highest BCUT2D eigenvalue weighted by Crippen LogP contribution is 2.43. The van der Waals surface area contributed by atoms with E-state index in [0.717, 1.165) is 0 Å². The zero-order chi connectivity index (χ0) is 7.35. The molecule has 1 saturated heterocycles. The minimum Gasteiger partial charge on any atom is -0.301 e. The SMILES string of the molecule is CON1CCC12C(=O)C2=O. The predicted octanol–water partition coefficient (Wildman–Crippen LogP) is -0.856. The van der Waals surface area contributed by atoms with Crippen molar-refractivity contribution in [3.8, 4) is 0 Å². The van der Waals surface area contributed by atoms with Gasteiger partial charge in [-0.25, -0.2) is 0 Å². The Labute approximate surface area is 57.7 Å². The Hall–Kier alpha value is -0.740. The summed E-state index contributed by atoms with van der Waals surface area (Å²) >= 11 is 0. The molecule has 0 bridgehead atoms. The quantitative estimate of drug-likeness (QED) is 0.352. The van der Waals surface area contributed by atoms with E-state index in [4.69, 9.17) is 4.84 Å². The first-order valence-corrected chi connectivity index (χ1v) is 3.14. The molecule has 0 atom stereocenters. The Morgan fingerprint density at radius 2 is 2.10 bits per heavy atom. The van der Waals surface area contributed by atoms with E-state index < -0.39 is 5.54 Å². The first-order chi connectivity index (χ1) is 4.73. The third-order valence-electron chi connectivity index (χ3n) is 2.22. The van der Waals surface area contributed by atoms with Crippen LogP contribution in [0, 0.1) is 0 Å². The van der Waals surface area contributed by atoms with Crippen LogP contribution in [-0.4, -0.2) is 35.8 Å². The van der Waals surface area contributed by atoms with Gasteiger partial charge >= 0.3 is 0 Å². The molecule has 0 amide bonds. The van der Waals surface area contributed by atoms with Crippen molar-refractivity contribution in [2.45, 2.75) is 12.0 Å². The van der Waals surface area contributed by atoms with Crippen molar-refractivity contribution in [1.29, 1.82) is 0 Å². The predicted molar refractivity (Wildman–Crippen MR) is 31.1 cm³/mol. The third-order valence-corrected chi connectivity index (χ3v) is 2.22. The second-order valence-electron chi connectivity index (χ2n) is 2.55. The van der Waals surface area contributed by atoms with E-state index in [1.54, 1.807) is 0 Å². The molecule has 2 fully saturated rings. The molecular weight excluding hydrogens is 134 g/mol. The van der Waals surface area contributed by atoms with Gasteiger partial charge in [0.2, 0.25) is 11.6 Å². The van der Waals surface area contributed by atoms with Crippen molar-refractivity contribution in [2.75, 3.05) is 13.7 Å². The smallest absolute Gasteiger partial charge is 0.231 e. The lowest BCUT2D eigenvalue weighted by Gasteiger charge is -2.35. The van der Waals surface area contributed by atoms with Crippen LogP contribution in [0.2, 0.25) is 0 Å². The fourth-order valence-electron chi connectivity index (χ4n) is 1.39. The van der Waals surface area contributed by atoms with Gasteiger partial charge in [-0.1, -0.05) is 0 Å². The van der Waals surface area contributed by atoms with E-state index in [2.05, 4.69) is 0 Å². The van der Waals surface area contributed by atoms with Crippen molar-refractivity contribution < 1.29 is 14.4 Å². The van der Waals surface area contributed by atoms with Crippen LogP contribution < -0.4 is 0 Å². The summed E-state index contributed by atoms with van der Waals surface area (Å²) in [6.07, 6.45) is 0.637. The molecule has 4 nitrogen and oxygen atoms in total. The second kappa shape index (κ2) is 1.46. The van der Waals surface area contributed by atoms with E-state index >= 15 is 0 Å². The number of ketones is 2. The van der Waals surface area contributed by atoms with E-state index in [1.807, 2.05) is 0 Å². The average Bonchev–Trinajstić information content (AvgIpc) is 2.38. The lowest BCUT2D eigenvalue weighted by atomic mass is 10.0. The molecule has 0 unspecified atom stereocenters. The van der Waals surface area contributed by atoms with Gasteiger partial charge in [-0.3, -0.25) is 9.59 Å². The van der Waals surface area contributed by atoms with E-state index in [1.165, 1.54) is 12.2 Å². The van der Waals surface area contributed by atoms with Gasteiger partial charge in [0.15, 0.2) is 5.54 Å². The zero-order valence-corrected chi connectivity index (χ0v) is 5.59. The summed E-state index contributed by atoms with van der Waals surface area (Å²) < 4.78 is 0. The number of carbonyl (C=O) groups is 2. The minimum atomic E-state index is -0.811. The van der Waals surface area contributed by atoms with Gasteiger partial charge in [-0.2, -0.15) is 5.06 Å². The van der Waals surface area contributed by atoms with Crippen LogP contribution in [0.4, 0.5) is 0 Å². The fourth-order valence-corrected chi connectivity index (χ4v) is 1.39. The highest BCUT2D eigenvalue weighted by Gasteiger charge is 2.74. The van der Waals surface area contributed by atoms with Crippen LogP contribution in [0.5, 0.6) is 0 Å². The third kappa shape index (κ3) is 0.383. The summed E-state index contributed by atoms with van der Waals surface area (Å²) in [5, 5.41) is 1.44. The zero-order valence-electron chi connectivity index (χ0n) is 5.59. The molecule has 1 aliphatic carbocycles. The maximum absolute atomic E-state index is 10.7. The Bertz CT molecular complexity index is 207. The van der Waals surface area contributed by atoms with Gasteiger partial charge in [0, 0.05) is 6.54 Å². The normalized spacial score (nSPS) is 28.9. The van der Waals surface area contributed by atoms with Crippen molar-refractivity contribution >= 4 is 11.6 Å². The maximum Gasteiger partial charge on any atom is 0.231 e. The van der Waals surface area contributed by atoms with Crippen molar-refractivity contribution in [2.24, 2.45) is 0 Å². The average molecular weight is 141 g/mol. The molecule has 1 heterocycles. The summed E-state index contributed by atoms with van der Waals surface area (Å²) in [6, 6.07) is 0. The first kappa shape index (κ1) is 6.00. The molecule has 0 N–H and O–H groups in total. The Morgan fingerprint density at radius 1 is 1.50 bits per heavy atom. The molecule has 2 rings (SSSR count). The van der Waals surface area contributed by atoms with Crippen molar-refractivity contribution in [3.63, 3.8) is 0 Å². The van der Waals surface area contributed by atoms with Crippen LogP contribution in [0.3, 0.4) is 0 Å². The van der Waals surface area contributed by atoms with Gasteiger partial charge in [-0.15, -0.1) is 0 Å². The van der Waals surface area contributed by atoms with E-state index in [-0.39, 0.29) is 11.6 Å². The van der Waals surface area contributed by atoms with Crippen molar-refractivity contribution in [3.05, 3.63) is 0 Å². The molecule has 0 aromatic heterocycles. The van der Waals surface area contributed by atoms with Crippen LogP contribution in [0.1, 0.15) is 6.42 Å². The molecule has 1 aliphatic heterocycles. The molecule has 4 heteroatoms. The minimum absolute atomic E-state index is 0.291. The van der Waals surface area contributed by atoms with Gasteiger partial charge < -0.3 is 4.84 Å². The molecule has 0 radical (unpaired) electrons. The Kier molecular flexibility index (Phi) is 0.877. The van der Waals surface area contributed by atoms with E-state index in [0.29, 0.717) is 13.0 Å². The summed E-state index contributed by atoms with van der Waals surface area (Å²) in [6.45, 7) is 0.688. The molecule has 0 aromatic rings. The Morgan fingerprint density at radius 3 is 2.20 bits per heavy atom. The van der Waals surface area contributed by atoms with Gasteiger partial charge in [0.1, 0.15) is 0 Å². The number of hydroxylamine groups is 2. The topological polar surface area (TPSA) is 46.6 Å². The van der Waals surface area contributed by atoms with Crippen LogP contribution in [0.15, 0.2) is 0 Å². The maximum atomic E-state index is 10.7. The van der Waals surface area contributed by atoms with Gasteiger partial charge in [-0.05, 0) is 6.42 Å². The molecule has 0 aromatic carbocycles. The monoisotopic (exact) mass is 141 g/mol. The summed E-state index contributed by atoms with van der Waals surface area (Å²) in [7, 11) is 1.47. The standard InChI is InChI=1S/C6H7NO3/c1-10-7-3-2-6(7)4(8)5(6)9/h2-3H2,1H3. The van der Waals surface area contributed by atoms with Crippen LogP contribution in [0.25, 0.3) is 0 Å². The molecule has 1 saturated carbocycles. The second-order valence-corrected chi connectivity index (χ2v) is 2.55. The highest BCUT2D eigenvalue weighted by molar-refractivity contribution is 6.67. The molecule has 10 heavy (non-hydrogen) atoms. The Balaban J connectivity index is 2.21. The lowest BCUT2D eigenvalue weighted by molar-refractivity contribution is -0.219. The van der Waals surface area contributed by atoms with Gasteiger partial charge in [0.05, 0.1) is 7.11 Å². The van der Waals surface area contributed by atoms with E-state index in [9.17, 15) is 9.59 Å². The number of rotatable bonds is 1. The van der Waals surface area contributed by atoms with Crippen LogP contribution >= 0.6 is 0 Å². The summed E-state index contributed by atoms with van der Waals surface area (Å²) in [4.78, 5) is 26.2. The molecule has 54 valence electrons.